The van der Waals surface area contributed by atoms with Crippen LogP contribution in [0, 0.1) is 18.3 Å². The van der Waals surface area contributed by atoms with Crippen LogP contribution in [0.3, 0.4) is 0 Å². The van der Waals surface area contributed by atoms with E-state index in [1.807, 2.05) is 71.9 Å². The van der Waals surface area contributed by atoms with Crippen LogP contribution in [-0.2, 0) is 23.1 Å². The van der Waals surface area contributed by atoms with E-state index in [2.05, 4.69) is 30.3 Å². The molecule has 2 amide bonds. The summed E-state index contributed by atoms with van der Waals surface area (Å²) >= 11 is 12.6. The average molecular weight is 594 g/mol. The van der Waals surface area contributed by atoms with Crippen LogP contribution in [0.4, 0.5) is 0 Å². The molecule has 0 spiro atoms. The highest BCUT2D eigenvalue weighted by Crippen LogP contribution is 2.58. The number of aryl methyl sites for hydroxylation is 2. The lowest BCUT2D eigenvalue weighted by molar-refractivity contribution is -0.130. The fraction of sp³-hybridized carbons (Fsp3) is 0.355. The van der Waals surface area contributed by atoms with Gasteiger partial charge in [-0.25, -0.2) is 4.68 Å². The van der Waals surface area contributed by atoms with Crippen LogP contribution in [-0.4, -0.2) is 37.4 Å². The van der Waals surface area contributed by atoms with Crippen LogP contribution in [0.1, 0.15) is 49.6 Å². The second kappa shape index (κ2) is 11.3. The molecular weight excluding hydrogens is 559 g/mol. The third kappa shape index (κ3) is 5.90. The van der Waals surface area contributed by atoms with Gasteiger partial charge in [0.05, 0.1) is 27.1 Å². The summed E-state index contributed by atoms with van der Waals surface area (Å²) in [5.41, 5.74) is 10.8. The first-order chi connectivity index (χ1) is 19.4. The second-order valence-corrected chi connectivity index (χ2v) is 12.3. The number of nitrogens with one attached hydrogen (secondary N) is 1. The van der Waals surface area contributed by atoms with Crippen molar-refractivity contribution in [2.75, 3.05) is 0 Å². The van der Waals surface area contributed by atoms with Crippen molar-refractivity contribution in [2.24, 2.45) is 24.1 Å². The van der Waals surface area contributed by atoms with Gasteiger partial charge in [-0.05, 0) is 60.6 Å². The molecule has 2 aromatic carbocycles. The highest BCUT2D eigenvalue weighted by atomic mass is 35.5. The van der Waals surface area contributed by atoms with E-state index in [9.17, 15) is 9.59 Å². The van der Waals surface area contributed by atoms with Crippen molar-refractivity contribution in [3.63, 3.8) is 0 Å². The number of rotatable bonds is 9. The third-order valence-electron chi connectivity index (χ3n) is 8.37. The molecule has 3 N–H and O–H groups in total. The minimum absolute atomic E-state index is 0.109. The zero-order valence-electron chi connectivity index (χ0n) is 23.6. The number of carbonyl (C=O) groups excluding carboxylic acids is 2. The number of hydrogen-bond acceptors (Lipinski definition) is 4. The Kier molecular flexibility index (Phi) is 7.99. The SMILES string of the molecule is Cc1cc(-c2cc([C@H]3C[C@H](CC(=O)N[C@@H](Cc4ccccc4)C(N)=O)C3(C)C)n(-c3ccc(Cl)c(Cl)c3)n2)n(C)n1. The van der Waals surface area contributed by atoms with Crippen LogP contribution in [0.2, 0.25) is 10.0 Å². The molecule has 10 heteroatoms. The summed E-state index contributed by atoms with van der Waals surface area (Å²) in [4.78, 5) is 25.2. The van der Waals surface area contributed by atoms with E-state index < -0.39 is 11.9 Å². The van der Waals surface area contributed by atoms with E-state index in [0.717, 1.165) is 40.4 Å². The standard InChI is InChI=1S/C31H34Cl2N6O2/c1-18-12-28(38(4)36-18)25-17-27(39(37-25)21-10-11-23(32)24(33)16-21)22-14-20(31(22,2)3)15-29(40)35-26(30(34)41)13-19-8-6-5-7-9-19/h5-12,16-17,20,22,26H,13-15H2,1-4H3,(H2,34,41)(H,35,40)/t20-,22-,26+/m1/s1. The van der Waals surface area contributed by atoms with Gasteiger partial charge >= 0.3 is 0 Å². The monoisotopic (exact) mass is 592 g/mol. The second-order valence-electron chi connectivity index (χ2n) is 11.5. The van der Waals surface area contributed by atoms with E-state index in [0.29, 0.717) is 22.9 Å². The van der Waals surface area contributed by atoms with Crippen molar-refractivity contribution in [3.05, 3.63) is 87.7 Å². The van der Waals surface area contributed by atoms with E-state index in [1.165, 1.54) is 0 Å². The molecule has 214 valence electrons. The molecule has 0 radical (unpaired) electrons. The Balaban J connectivity index is 1.37. The third-order valence-corrected chi connectivity index (χ3v) is 9.11. The number of primary amides is 1. The summed E-state index contributed by atoms with van der Waals surface area (Å²) < 4.78 is 3.75. The lowest BCUT2D eigenvalue weighted by atomic mass is 9.52. The Labute approximate surface area is 249 Å². The van der Waals surface area contributed by atoms with Crippen LogP contribution >= 0.6 is 23.2 Å². The number of amides is 2. The van der Waals surface area contributed by atoms with Crippen molar-refractivity contribution >= 4 is 35.0 Å². The number of nitrogens with two attached hydrogens (primary N) is 1. The summed E-state index contributed by atoms with van der Waals surface area (Å²) in [6, 6.07) is 18.4. The van der Waals surface area contributed by atoms with Crippen LogP contribution in [0.25, 0.3) is 17.1 Å². The van der Waals surface area contributed by atoms with Gasteiger partial charge in [0.15, 0.2) is 0 Å². The lowest BCUT2D eigenvalue weighted by Gasteiger charge is -2.52. The van der Waals surface area contributed by atoms with Gasteiger partial charge in [-0.2, -0.15) is 10.2 Å². The highest BCUT2D eigenvalue weighted by molar-refractivity contribution is 6.42. The smallest absolute Gasteiger partial charge is 0.240 e. The highest BCUT2D eigenvalue weighted by Gasteiger charge is 2.50. The topological polar surface area (TPSA) is 108 Å². The average Bonchev–Trinajstić information content (AvgIpc) is 3.50. The first-order valence-electron chi connectivity index (χ1n) is 13.6. The Morgan fingerprint density at radius 1 is 1.07 bits per heavy atom. The maximum atomic E-state index is 13.1. The molecule has 1 aliphatic carbocycles. The molecule has 5 rings (SSSR count). The van der Waals surface area contributed by atoms with E-state index in [4.69, 9.17) is 34.0 Å². The Bertz CT molecular complexity index is 1590. The molecule has 0 unspecified atom stereocenters. The molecule has 1 saturated carbocycles. The first-order valence-corrected chi connectivity index (χ1v) is 14.4. The van der Waals surface area contributed by atoms with Crippen LogP contribution in [0.5, 0.6) is 0 Å². The van der Waals surface area contributed by atoms with Crippen molar-refractivity contribution in [2.45, 2.75) is 52.0 Å². The summed E-state index contributed by atoms with van der Waals surface area (Å²) in [5.74, 6) is -0.486. The molecular formula is C31H34Cl2N6O2. The van der Waals surface area contributed by atoms with Gasteiger partial charge in [0.2, 0.25) is 11.8 Å². The van der Waals surface area contributed by atoms with Gasteiger partial charge in [-0.3, -0.25) is 14.3 Å². The maximum absolute atomic E-state index is 13.1. The molecule has 2 heterocycles. The molecule has 0 bridgehead atoms. The van der Waals surface area contributed by atoms with Gasteiger partial charge in [0.1, 0.15) is 11.7 Å². The van der Waals surface area contributed by atoms with Gasteiger partial charge in [-0.15, -0.1) is 0 Å². The number of carbonyl (C=O) groups is 2. The normalized spacial score (nSPS) is 18.5. The number of hydrogen-bond donors (Lipinski definition) is 2. The molecule has 41 heavy (non-hydrogen) atoms. The summed E-state index contributed by atoms with van der Waals surface area (Å²) in [6.07, 6.45) is 1.45. The predicted octanol–water partition coefficient (Wildman–Crippen LogP) is 5.62. The van der Waals surface area contributed by atoms with Gasteiger partial charge in [-0.1, -0.05) is 67.4 Å². The molecule has 1 fully saturated rings. The Hall–Kier alpha value is -3.62. The molecule has 0 saturated heterocycles. The number of benzene rings is 2. The van der Waals surface area contributed by atoms with Crippen LogP contribution < -0.4 is 11.1 Å². The summed E-state index contributed by atoms with van der Waals surface area (Å²) in [6.45, 7) is 6.30. The first kappa shape index (κ1) is 28.9. The molecule has 4 aromatic rings. The summed E-state index contributed by atoms with van der Waals surface area (Å²) in [5, 5.41) is 13.3. The largest absolute Gasteiger partial charge is 0.368 e. The zero-order valence-corrected chi connectivity index (χ0v) is 25.1. The van der Waals surface area contributed by atoms with Crippen molar-refractivity contribution in [3.8, 4) is 17.1 Å². The van der Waals surface area contributed by atoms with Crippen LogP contribution in [0.15, 0.2) is 60.7 Å². The minimum atomic E-state index is -0.759. The quantitative estimate of drug-likeness (QED) is 0.263. The maximum Gasteiger partial charge on any atom is 0.240 e. The van der Waals surface area contributed by atoms with Gasteiger partial charge < -0.3 is 11.1 Å². The van der Waals surface area contributed by atoms with Crippen molar-refractivity contribution < 1.29 is 9.59 Å². The lowest BCUT2D eigenvalue weighted by Crippen LogP contribution is -2.49. The molecule has 1 aliphatic rings. The number of aromatic nitrogens is 4. The predicted molar refractivity (Wildman–Crippen MR) is 161 cm³/mol. The Morgan fingerprint density at radius 2 is 1.80 bits per heavy atom. The fourth-order valence-corrected chi connectivity index (χ4v) is 6.15. The Morgan fingerprint density at radius 3 is 2.41 bits per heavy atom. The minimum Gasteiger partial charge on any atom is -0.368 e. The van der Waals surface area contributed by atoms with Crippen molar-refractivity contribution in [1.82, 2.24) is 24.9 Å². The van der Waals surface area contributed by atoms with Gasteiger partial charge in [0.25, 0.3) is 0 Å². The van der Waals surface area contributed by atoms with Crippen molar-refractivity contribution in [1.29, 1.82) is 0 Å². The van der Waals surface area contributed by atoms with E-state index in [-0.39, 0.29) is 23.2 Å². The molecule has 2 aromatic heterocycles. The fourth-order valence-electron chi connectivity index (χ4n) is 5.86. The zero-order chi connectivity index (χ0) is 29.5. The van der Waals surface area contributed by atoms with E-state index in [1.54, 1.807) is 6.07 Å². The molecule has 0 aliphatic heterocycles. The number of halogens is 2. The van der Waals surface area contributed by atoms with Gasteiger partial charge in [0, 0.05) is 31.5 Å². The summed E-state index contributed by atoms with van der Waals surface area (Å²) in [7, 11) is 1.90. The molecule has 3 atom stereocenters. The molecule has 8 nitrogen and oxygen atoms in total. The van der Waals surface area contributed by atoms with E-state index >= 15 is 0 Å². The number of nitrogens with zero attached hydrogens (tertiary/aromatic N) is 4.